The number of fused-ring (bicyclic) bond motifs is 1. The highest BCUT2D eigenvalue weighted by atomic mass is 19.3. The maximum atomic E-state index is 12.7. The summed E-state index contributed by atoms with van der Waals surface area (Å²) in [6.45, 7) is -2.59. The molecule has 1 heterocycles. The minimum absolute atomic E-state index is 0.00603. The molecule has 0 aliphatic carbocycles. The van der Waals surface area contributed by atoms with E-state index >= 15 is 0 Å². The molecule has 26 heavy (non-hydrogen) atoms. The van der Waals surface area contributed by atoms with Gasteiger partial charge in [0.1, 0.15) is 5.75 Å². The number of rotatable bonds is 5. The van der Waals surface area contributed by atoms with Crippen molar-refractivity contribution < 1.29 is 28.2 Å². The molecule has 1 amide bonds. The largest absolute Gasteiger partial charge is 0.479 e. The minimum Gasteiger partial charge on any atom is -0.479 e. The van der Waals surface area contributed by atoms with Crippen molar-refractivity contribution in [2.45, 2.75) is 25.5 Å². The number of benzene rings is 2. The smallest absolute Gasteiger partial charge is 0.387 e. The first kappa shape index (κ1) is 17.8. The van der Waals surface area contributed by atoms with Gasteiger partial charge in [0.05, 0.1) is 6.42 Å². The highest BCUT2D eigenvalue weighted by molar-refractivity contribution is 5.86. The lowest BCUT2D eigenvalue weighted by Gasteiger charge is -2.34. The molecule has 1 atom stereocenters. The van der Waals surface area contributed by atoms with E-state index in [1.54, 1.807) is 12.1 Å². The number of aliphatic carboxylic acids is 1. The Balaban J connectivity index is 1.76. The zero-order valence-electron chi connectivity index (χ0n) is 13.8. The minimum atomic E-state index is -2.91. The summed E-state index contributed by atoms with van der Waals surface area (Å²) in [5.41, 5.74) is 2.15. The molecule has 5 nitrogen and oxygen atoms in total. The van der Waals surface area contributed by atoms with Crippen molar-refractivity contribution >= 4 is 11.9 Å². The number of carbonyl (C=O) groups is 2. The Morgan fingerprint density at radius 1 is 1.15 bits per heavy atom. The number of hydrogen-bond donors (Lipinski definition) is 1. The Labute approximate surface area is 148 Å². The van der Waals surface area contributed by atoms with Gasteiger partial charge < -0.3 is 14.7 Å². The van der Waals surface area contributed by atoms with Crippen molar-refractivity contribution in [3.05, 3.63) is 65.2 Å². The second-order valence-corrected chi connectivity index (χ2v) is 5.98. The quantitative estimate of drug-likeness (QED) is 0.889. The monoisotopic (exact) mass is 361 g/mol. The van der Waals surface area contributed by atoms with E-state index in [0.717, 1.165) is 5.56 Å². The van der Waals surface area contributed by atoms with Crippen LogP contribution in [0.25, 0.3) is 0 Å². The summed E-state index contributed by atoms with van der Waals surface area (Å²) in [5, 5.41) is 9.61. The van der Waals surface area contributed by atoms with Gasteiger partial charge in [-0.1, -0.05) is 36.4 Å². The summed E-state index contributed by atoms with van der Waals surface area (Å²) < 4.78 is 28.6. The Bertz CT molecular complexity index is 807. The third kappa shape index (κ3) is 3.82. The van der Waals surface area contributed by atoms with E-state index < -0.39 is 18.6 Å². The number of halogens is 2. The number of carbonyl (C=O) groups excluding carboxylic acids is 1. The van der Waals surface area contributed by atoms with Crippen LogP contribution in [0.15, 0.2) is 48.5 Å². The molecule has 136 valence electrons. The number of amides is 1. The predicted octanol–water partition coefficient (Wildman–Crippen LogP) is 3.04. The van der Waals surface area contributed by atoms with Gasteiger partial charge in [-0.3, -0.25) is 4.79 Å². The van der Waals surface area contributed by atoms with E-state index in [0.29, 0.717) is 24.1 Å². The van der Waals surface area contributed by atoms with E-state index in [-0.39, 0.29) is 18.1 Å². The molecule has 0 aromatic heterocycles. The van der Waals surface area contributed by atoms with E-state index in [4.69, 9.17) is 0 Å². The average Bonchev–Trinajstić information content (AvgIpc) is 2.61. The van der Waals surface area contributed by atoms with E-state index in [1.807, 2.05) is 12.1 Å². The van der Waals surface area contributed by atoms with Crippen LogP contribution in [0.4, 0.5) is 8.78 Å². The first-order valence-electron chi connectivity index (χ1n) is 8.09. The van der Waals surface area contributed by atoms with Crippen molar-refractivity contribution in [2.24, 2.45) is 0 Å². The lowest BCUT2D eigenvalue weighted by Crippen LogP contribution is -2.44. The number of alkyl halides is 2. The molecule has 0 saturated heterocycles. The fourth-order valence-electron chi connectivity index (χ4n) is 3.17. The third-order valence-corrected chi connectivity index (χ3v) is 4.34. The highest BCUT2D eigenvalue weighted by Gasteiger charge is 2.35. The van der Waals surface area contributed by atoms with Crippen LogP contribution in [-0.4, -0.2) is 35.0 Å². The molecule has 0 saturated carbocycles. The second-order valence-electron chi connectivity index (χ2n) is 5.98. The Morgan fingerprint density at radius 3 is 2.50 bits per heavy atom. The summed E-state index contributed by atoms with van der Waals surface area (Å²) in [5.74, 6) is -1.40. The summed E-state index contributed by atoms with van der Waals surface area (Å²) in [4.78, 5) is 25.8. The molecule has 1 unspecified atom stereocenters. The number of carboxylic acid groups (broad SMARTS) is 1. The summed E-state index contributed by atoms with van der Waals surface area (Å²) >= 11 is 0. The molecule has 3 rings (SSSR count). The molecule has 2 aromatic rings. The van der Waals surface area contributed by atoms with E-state index in [9.17, 15) is 23.5 Å². The Morgan fingerprint density at radius 2 is 1.85 bits per heavy atom. The number of carboxylic acids is 1. The van der Waals surface area contributed by atoms with Crippen LogP contribution in [0.5, 0.6) is 5.75 Å². The van der Waals surface area contributed by atoms with Crippen molar-refractivity contribution in [1.29, 1.82) is 0 Å². The molecule has 1 N–H and O–H groups in total. The lowest BCUT2D eigenvalue weighted by atomic mass is 9.92. The van der Waals surface area contributed by atoms with Gasteiger partial charge in [0.15, 0.2) is 6.04 Å². The van der Waals surface area contributed by atoms with Crippen LogP contribution in [-0.2, 0) is 22.4 Å². The predicted molar refractivity (Wildman–Crippen MR) is 89.0 cm³/mol. The lowest BCUT2D eigenvalue weighted by molar-refractivity contribution is -0.151. The molecule has 1 aliphatic heterocycles. The first-order chi connectivity index (χ1) is 12.5. The highest BCUT2D eigenvalue weighted by Crippen LogP contribution is 2.30. The van der Waals surface area contributed by atoms with Gasteiger partial charge >= 0.3 is 12.6 Å². The molecule has 0 fully saturated rings. The maximum absolute atomic E-state index is 12.7. The van der Waals surface area contributed by atoms with Crippen molar-refractivity contribution in [1.82, 2.24) is 4.90 Å². The normalized spacial score (nSPS) is 16.3. The summed E-state index contributed by atoms with van der Waals surface area (Å²) in [6.07, 6.45) is 0.577. The van der Waals surface area contributed by atoms with Gasteiger partial charge in [-0.05, 0) is 35.2 Å². The summed E-state index contributed by atoms with van der Waals surface area (Å²) in [6, 6.07) is 11.9. The molecule has 0 spiro atoms. The van der Waals surface area contributed by atoms with Crippen LogP contribution in [0.3, 0.4) is 0 Å². The van der Waals surface area contributed by atoms with E-state index in [2.05, 4.69) is 4.74 Å². The van der Waals surface area contributed by atoms with E-state index in [1.165, 1.54) is 29.2 Å². The van der Waals surface area contributed by atoms with Gasteiger partial charge in [-0.25, -0.2) is 4.79 Å². The average molecular weight is 361 g/mol. The Kier molecular flexibility index (Phi) is 5.16. The van der Waals surface area contributed by atoms with Crippen molar-refractivity contribution in [3.63, 3.8) is 0 Å². The van der Waals surface area contributed by atoms with Gasteiger partial charge in [-0.2, -0.15) is 8.78 Å². The van der Waals surface area contributed by atoms with Crippen LogP contribution < -0.4 is 4.74 Å². The maximum Gasteiger partial charge on any atom is 0.387 e. The molecule has 0 radical (unpaired) electrons. The molecule has 7 heteroatoms. The SMILES string of the molecule is O=C(O)C1c2ccccc2CCN1C(=O)Cc1ccc(OC(F)F)cc1. The van der Waals surface area contributed by atoms with Crippen molar-refractivity contribution in [2.75, 3.05) is 6.54 Å². The molecular formula is C19H17F2NO4. The fourth-order valence-corrected chi connectivity index (χ4v) is 3.17. The number of hydrogen-bond acceptors (Lipinski definition) is 3. The Hall–Kier alpha value is -2.96. The summed E-state index contributed by atoms with van der Waals surface area (Å²) in [7, 11) is 0. The molecule has 0 bridgehead atoms. The molecular weight excluding hydrogens is 344 g/mol. The molecule has 1 aliphatic rings. The van der Waals surface area contributed by atoms with Crippen LogP contribution in [0, 0.1) is 0 Å². The first-order valence-corrected chi connectivity index (χ1v) is 8.09. The van der Waals surface area contributed by atoms with Crippen LogP contribution in [0.1, 0.15) is 22.7 Å². The zero-order valence-corrected chi connectivity index (χ0v) is 13.8. The van der Waals surface area contributed by atoms with Gasteiger partial charge in [0.25, 0.3) is 0 Å². The zero-order chi connectivity index (χ0) is 18.7. The van der Waals surface area contributed by atoms with Crippen LogP contribution in [0.2, 0.25) is 0 Å². The topological polar surface area (TPSA) is 66.8 Å². The molecule has 2 aromatic carbocycles. The standard InChI is InChI=1S/C19H17F2NO4/c20-19(21)26-14-7-5-12(6-8-14)11-16(23)22-10-9-13-3-1-2-4-15(13)17(22)18(24)25/h1-8,17,19H,9-11H2,(H,24,25). The van der Waals surface area contributed by atoms with Crippen molar-refractivity contribution in [3.8, 4) is 5.75 Å². The van der Waals surface area contributed by atoms with Gasteiger partial charge in [0, 0.05) is 6.54 Å². The van der Waals surface area contributed by atoms with Crippen LogP contribution >= 0.6 is 0 Å². The second kappa shape index (κ2) is 7.51. The number of ether oxygens (including phenoxy) is 1. The van der Waals surface area contributed by atoms with Gasteiger partial charge in [0.2, 0.25) is 5.91 Å². The fraction of sp³-hybridized carbons (Fsp3) is 0.263. The van der Waals surface area contributed by atoms with Gasteiger partial charge in [-0.15, -0.1) is 0 Å². The third-order valence-electron chi connectivity index (χ3n) is 4.34. The number of nitrogens with zero attached hydrogens (tertiary/aromatic N) is 1.